The van der Waals surface area contributed by atoms with Crippen LogP contribution in [0, 0.1) is 0 Å². The zero-order valence-electron chi connectivity index (χ0n) is 8.17. The Balaban J connectivity index is 3.84. The van der Waals surface area contributed by atoms with Crippen molar-refractivity contribution in [2.75, 3.05) is 19.6 Å². The predicted molar refractivity (Wildman–Crippen MR) is 50.1 cm³/mol. The topological polar surface area (TPSA) is 75.4 Å². The highest BCUT2D eigenvalue weighted by Gasteiger charge is 2.09. The largest absolute Gasteiger partial charge is 0.368 e. The van der Waals surface area contributed by atoms with Gasteiger partial charge in [-0.1, -0.05) is 6.92 Å². The van der Waals surface area contributed by atoms with Crippen molar-refractivity contribution < 1.29 is 9.59 Å². The molecule has 0 aromatic rings. The number of hydrogen-bond donors (Lipinski definition) is 2. The van der Waals surface area contributed by atoms with Crippen molar-refractivity contribution in [2.45, 2.75) is 20.3 Å². The first-order valence-corrected chi connectivity index (χ1v) is 4.42. The summed E-state index contributed by atoms with van der Waals surface area (Å²) in [5.41, 5.74) is 4.88. The van der Waals surface area contributed by atoms with Crippen molar-refractivity contribution in [1.29, 1.82) is 0 Å². The molecule has 0 aliphatic heterocycles. The van der Waals surface area contributed by atoms with Gasteiger partial charge in [0.2, 0.25) is 5.91 Å². The summed E-state index contributed by atoms with van der Waals surface area (Å²) in [5, 5.41) is 2.43. The lowest BCUT2D eigenvalue weighted by molar-refractivity contribution is -0.117. The Hall–Kier alpha value is -1.26. The third-order valence-corrected chi connectivity index (χ3v) is 1.58. The van der Waals surface area contributed by atoms with E-state index in [0.717, 1.165) is 6.42 Å². The van der Waals surface area contributed by atoms with Gasteiger partial charge in [-0.3, -0.25) is 4.79 Å². The maximum Gasteiger partial charge on any atom is 0.317 e. The van der Waals surface area contributed by atoms with Crippen LogP contribution in [0.25, 0.3) is 0 Å². The third kappa shape index (κ3) is 5.05. The molecule has 0 bridgehead atoms. The number of rotatable bonds is 5. The first kappa shape index (κ1) is 11.7. The Morgan fingerprint density at radius 1 is 1.38 bits per heavy atom. The second kappa shape index (κ2) is 6.28. The van der Waals surface area contributed by atoms with Crippen molar-refractivity contribution in [3.05, 3.63) is 0 Å². The van der Waals surface area contributed by atoms with Crippen LogP contribution in [0.15, 0.2) is 0 Å². The van der Waals surface area contributed by atoms with E-state index in [9.17, 15) is 9.59 Å². The highest BCUT2D eigenvalue weighted by molar-refractivity contribution is 5.82. The van der Waals surface area contributed by atoms with Gasteiger partial charge in [0.1, 0.15) is 0 Å². The Morgan fingerprint density at radius 3 is 2.38 bits per heavy atom. The number of nitrogens with one attached hydrogen (secondary N) is 1. The van der Waals surface area contributed by atoms with Crippen molar-refractivity contribution in [1.82, 2.24) is 10.2 Å². The molecule has 0 aromatic heterocycles. The van der Waals surface area contributed by atoms with Crippen molar-refractivity contribution >= 4 is 11.9 Å². The molecule has 0 heterocycles. The number of amides is 3. The fourth-order valence-electron chi connectivity index (χ4n) is 0.948. The first-order valence-electron chi connectivity index (χ1n) is 4.42. The molecule has 0 saturated heterocycles. The first-order chi connectivity index (χ1) is 6.11. The number of nitrogens with zero attached hydrogens (tertiary/aromatic N) is 1. The molecule has 0 rings (SSSR count). The molecule has 0 radical (unpaired) electrons. The van der Waals surface area contributed by atoms with Gasteiger partial charge in [-0.15, -0.1) is 0 Å². The van der Waals surface area contributed by atoms with Gasteiger partial charge < -0.3 is 16.0 Å². The highest BCUT2D eigenvalue weighted by atomic mass is 16.2. The van der Waals surface area contributed by atoms with E-state index in [1.165, 1.54) is 0 Å². The smallest absolute Gasteiger partial charge is 0.317 e. The standard InChI is InChI=1S/C8H17N3O2/c1-3-5-11(4-2)8(13)10-6-7(9)12/h3-6H2,1-2H3,(H2,9,12)(H,10,13). The van der Waals surface area contributed by atoms with Crippen LogP contribution in [0.1, 0.15) is 20.3 Å². The minimum absolute atomic E-state index is 0.0982. The Bertz CT molecular complexity index is 182. The number of primary amides is 1. The maximum absolute atomic E-state index is 11.3. The van der Waals surface area contributed by atoms with Gasteiger partial charge in [-0.2, -0.15) is 0 Å². The van der Waals surface area contributed by atoms with E-state index in [1.54, 1.807) is 4.90 Å². The van der Waals surface area contributed by atoms with Crippen LogP contribution in [0.4, 0.5) is 4.79 Å². The molecule has 0 unspecified atom stereocenters. The monoisotopic (exact) mass is 187 g/mol. The molecule has 76 valence electrons. The second-order valence-electron chi connectivity index (χ2n) is 2.70. The molecule has 3 amide bonds. The van der Waals surface area contributed by atoms with E-state index < -0.39 is 5.91 Å². The van der Waals surface area contributed by atoms with Crippen LogP contribution in [-0.2, 0) is 4.79 Å². The minimum Gasteiger partial charge on any atom is -0.368 e. The van der Waals surface area contributed by atoms with E-state index in [1.807, 2.05) is 13.8 Å². The van der Waals surface area contributed by atoms with Crippen LogP contribution in [0.2, 0.25) is 0 Å². The Labute approximate surface area is 78.3 Å². The summed E-state index contributed by atoms with van der Waals surface area (Å²) in [7, 11) is 0. The molecule has 5 heteroatoms. The van der Waals surface area contributed by atoms with E-state index in [-0.39, 0.29) is 12.6 Å². The van der Waals surface area contributed by atoms with Gasteiger partial charge in [0.15, 0.2) is 0 Å². The summed E-state index contributed by atoms with van der Waals surface area (Å²) in [6, 6.07) is -0.233. The van der Waals surface area contributed by atoms with Crippen molar-refractivity contribution in [3.8, 4) is 0 Å². The normalized spacial score (nSPS) is 9.38. The van der Waals surface area contributed by atoms with Gasteiger partial charge in [0.25, 0.3) is 0 Å². The van der Waals surface area contributed by atoms with E-state index in [2.05, 4.69) is 5.32 Å². The molecular weight excluding hydrogens is 170 g/mol. The van der Waals surface area contributed by atoms with E-state index in [4.69, 9.17) is 5.73 Å². The van der Waals surface area contributed by atoms with Crippen LogP contribution >= 0.6 is 0 Å². The molecule has 0 atom stereocenters. The van der Waals surface area contributed by atoms with Crippen LogP contribution in [0.3, 0.4) is 0 Å². The lowest BCUT2D eigenvalue weighted by Crippen LogP contribution is -2.43. The SMILES string of the molecule is CCCN(CC)C(=O)NCC(N)=O. The van der Waals surface area contributed by atoms with E-state index in [0.29, 0.717) is 13.1 Å². The maximum atomic E-state index is 11.3. The highest BCUT2D eigenvalue weighted by Crippen LogP contribution is 1.90. The van der Waals surface area contributed by atoms with Crippen LogP contribution < -0.4 is 11.1 Å². The number of carbonyl (C=O) groups excluding carboxylic acids is 2. The Morgan fingerprint density at radius 2 is 2.00 bits per heavy atom. The van der Waals surface area contributed by atoms with Gasteiger partial charge in [-0.05, 0) is 13.3 Å². The summed E-state index contributed by atoms with van der Waals surface area (Å²) in [5.74, 6) is -0.527. The lowest BCUT2D eigenvalue weighted by atomic mass is 10.4. The summed E-state index contributed by atoms with van der Waals surface area (Å²) in [6.45, 7) is 5.11. The van der Waals surface area contributed by atoms with Crippen molar-refractivity contribution in [2.24, 2.45) is 5.73 Å². The van der Waals surface area contributed by atoms with Crippen LogP contribution in [0.5, 0.6) is 0 Å². The summed E-state index contributed by atoms with van der Waals surface area (Å²) in [4.78, 5) is 23.3. The van der Waals surface area contributed by atoms with Gasteiger partial charge in [0, 0.05) is 13.1 Å². The Kier molecular flexibility index (Phi) is 5.67. The average molecular weight is 187 g/mol. The van der Waals surface area contributed by atoms with Crippen LogP contribution in [-0.4, -0.2) is 36.5 Å². The third-order valence-electron chi connectivity index (χ3n) is 1.58. The van der Waals surface area contributed by atoms with Gasteiger partial charge in [-0.25, -0.2) is 4.79 Å². The zero-order valence-corrected chi connectivity index (χ0v) is 8.17. The van der Waals surface area contributed by atoms with Gasteiger partial charge in [0.05, 0.1) is 6.54 Å². The number of hydrogen-bond acceptors (Lipinski definition) is 2. The van der Waals surface area contributed by atoms with E-state index >= 15 is 0 Å². The summed E-state index contributed by atoms with van der Waals surface area (Å²) < 4.78 is 0. The molecule has 13 heavy (non-hydrogen) atoms. The predicted octanol–water partition coefficient (Wildman–Crippen LogP) is -0.0868. The molecule has 0 saturated carbocycles. The number of nitrogens with two attached hydrogens (primary N) is 1. The zero-order chi connectivity index (χ0) is 10.3. The summed E-state index contributed by atoms with van der Waals surface area (Å²) in [6.07, 6.45) is 0.901. The fourth-order valence-corrected chi connectivity index (χ4v) is 0.948. The molecule has 0 fully saturated rings. The molecular formula is C8H17N3O2. The molecule has 0 aromatic carbocycles. The molecule has 5 nitrogen and oxygen atoms in total. The summed E-state index contributed by atoms with van der Waals surface area (Å²) >= 11 is 0. The quantitative estimate of drug-likeness (QED) is 0.631. The average Bonchev–Trinajstić information content (AvgIpc) is 2.10. The minimum atomic E-state index is -0.527. The number of carbonyl (C=O) groups is 2. The van der Waals surface area contributed by atoms with Crippen molar-refractivity contribution in [3.63, 3.8) is 0 Å². The molecule has 0 aliphatic carbocycles. The van der Waals surface area contributed by atoms with Gasteiger partial charge >= 0.3 is 6.03 Å². The molecule has 3 N–H and O–H groups in total. The molecule has 0 spiro atoms. The molecule has 0 aliphatic rings. The lowest BCUT2D eigenvalue weighted by Gasteiger charge is -2.19. The second-order valence-corrected chi connectivity index (χ2v) is 2.70. The number of urea groups is 1. The fraction of sp³-hybridized carbons (Fsp3) is 0.750.